The van der Waals surface area contributed by atoms with Gasteiger partial charge in [-0.25, -0.2) is 9.97 Å². The van der Waals surface area contributed by atoms with E-state index in [-0.39, 0.29) is 11.3 Å². The molecular weight excluding hydrogens is 212 g/mol. The van der Waals surface area contributed by atoms with Crippen molar-refractivity contribution in [2.45, 2.75) is 37.8 Å². The van der Waals surface area contributed by atoms with Gasteiger partial charge in [0.2, 0.25) is 5.28 Å². The van der Waals surface area contributed by atoms with Gasteiger partial charge in [0.25, 0.3) is 0 Å². The van der Waals surface area contributed by atoms with Crippen LogP contribution in [0.5, 0.6) is 0 Å². The maximum absolute atomic E-state index is 6.03. The molecule has 0 spiro atoms. The van der Waals surface area contributed by atoms with Gasteiger partial charge in [0.1, 0.15) is 5.82 Å². The molecule has 2 rings (SSSR count). The van der Waals surface area contributed by atoms with Crippen molar-refractivity contribution in [2.24, 2.45) is 5.73 Å². The smallest absolute Gasteiger partial charge is 0.224 e. The first-order chi connectivity index (χ1) is 7.25. The molecule has 0 bridgehead atoms. The van der Waals surface area contributed by atoms with Crippen molar-refractivity contribution in [1.82, 2.24) is 9.97 Å². The fourth-order valence-electron chi connectivity index (χ4n) is 1.94. The summed E-state index contributed by atoms with van der Waals surface area (Å²) in [5, 5.41) is 3.58. The van der Waals surface area contributed by atoms with Gasteiger partial charge in [-0.3, -0.25) is 0 Å². The van der Waals surface area contributed by atoms with Crippen LogP contribution in [0.1, 0.15) is 25.7 Å². The van der Waals surface area contributed by atoms with E-state index in [1.54, 1.807) is 6.20 Å². The Morgan fingerprint density at radius 1 is 1.40 bits per heavy atom. The molecule has 0 saturated heterocycles. The summed E-state index contributed by atoms with van der Waals surface area (Å²) >= 11 is 5.71. The lowest BCUT2D eigenvalue weighted by Crippen LogP contribution is -2.42. The summed E-state index contributed by atoms with van der Waals surface area (Å²) in [5.41, 5.74) is 6.03. The number of nitrogens with two attached hydrogens (primary N) is 1. The lowest BCUT2D eigenvalue weighted by molar-refractivity contribution is 0.403. The molecule has 1 heterocycles. The number of aromatic nitrogens is 2. The minimum Gasteiger partial charge on any atom is -0.366 e. The van der Waals surface area contributed by atoms with Gasteiger partial charge in [0.15, 0.2) is 0 Å². The zero-order chi connectivity index (χ0) is 10.7. The van der Waals surface area contributed by atoms with Crippen LogP contribution in [0, 0.1) is 0 Å². The third-order valence-electron chi connectivity index (χ3n) is 2.78. The van der Waals surface area contributed by atoms with Gasteiger partial charge >= 0.3 is 0 Å². The minimum absolute atomic E-state index is 0.215. The zero-order valence-corrected chi connectivity index (χ0v) is 9.24. The Morgan fingerprint density at radius 2 is 2.20 bits per heavy atom. The first kappa shape index (κ1) is 10.6. The number of anilines is 1. The quantitative estimate of drug-likeness (QED) is 0.755. The van der Waals surface area contributed by atoms with Gasteiger partial charge in [-0.1, -0.05) is 12.8 Å². The molecular formula is C10H15ClN4. The van der Waals surface area contributed by atoms with E-state index in [9.17, 15) is 0 Å². The maximum atomic E-state index is 6.03. The summed E-state index contributed by atoms with van der Waals surface area (Å²) < 4.78 is 0. The average molecular weight is 227 g/mol. The van der Waals surface area contributed by atoms with Gasteiger partial charge in [-0.15, -0.1) is 0 Å². The first-order valence-electron chi connectivity index (χ1n) is 5.26. The first-order valence-corrected chi connectivity index (χ1v) is 5.64. The largest absolute Gasteiger partial charge is 0.366 e. The van der Waals surface area contributed by atoms with Gasteiger partial charge in [0, 0.05) is 18.3 Å². The third-order valence-corrected chi connectivity index (χ3v) is 2.96. The number of nitrogens with one attached hydrogen (secondary N) is 1. The lowest BCUT2D eigenvalue weighted by Gasteiger charge is -2.29. The predicted octanol–water partition coefficient (Wildman–Crippen LogP) is 1.81. The standard InChI is InChI=1S/C10H15ClN4/c11-10-13-6-5-9(15-10)14-8-4-2-1-3-7(8)12/h5-8H,1-4,12H2,(H,13,14,15). The molecule has 15 heavy (non-hydrogen) atoms. The normalized spacial score (nSPS) is 26.3. The van der Waals surface area contributed by atoms with Crippen molar-refractivity contribution >= 4 is 17.4 Å². The zero-order valence-electron chi connectivity index (χ0n) is 8.49. The number of rotatable bonds is 2. The highest BCUT2D eigenvalue weighted by Crippen LogP contribution is 2.20. The molecule has 0 aliphatic heterocycles. The fourth-order valence-corrected chi connectivity index (χ4v) is 2.09. The Kier molecular flexibility index (Phi) is 3.38. The highest BCUT2D eigenvalue weighted by atomic mass is 35.5. The van der Waals surface area contributed by atoms with Crippen molar-refractivity contribution in [3.05, 3.63) is 17.5 Å². The van der Waals surface area contributed by atoms with E-state index >= 15 is 0 Å². The predicted molar refractivity (Wildman–Crippen MR) is 60.9 cm³/mol. The second-order valence-corrected chi connectivity index (χ2v) is 4.25. The summed E-state index contributed by atoms with van der Waals surface area (Å²) in [6.45, 7) is 0. The molecule has 1 aromatic rings. The van der Waals surface area contributed by atoms with Crippen LogP contribution in [0.25, 0.3) is 0 Å². The van der Waals surface area contributed by atoms with E-state index in [1.807, 2.05) is 6.07 Å². The molecule has 1 aromatic heterocycles. The van der Waals surface area contributed by atoms with Crippen LogP contribution in [0.15, 0.2) is 12.3 Å². The van der Waals surface area contributed by atoms with E-state index in [1.165, 1.54) is 12.8 Å². The van der Waals surface area contributed by atoms with Crippen molar-refractivity contribution in [2.75, 3.05) is 5.32 Å². The van der Waals surface area contributed by atoms with E-state index in [4.69, 9.17) is 17.3 Å². The summed E-state index contributed by atoms with van der Waals surface area (Å²) in [7, 11) is 0. The summed E-state index contributed by atoms with van der Waals surface area (Å²) in [6, 6.07) is 2.34. The molecule has 0 aromatic carbocycles. The van der Waals surface area contributed by atoms with Gasteiger partial charge in [0.05, 0.1) is 0 Å². The van der Waals surface area contributed by atoms with Gasteiger partial charge in [-0.2, -0.15) is 0 Å². The van der Waals surface area contributed by atoms with Crippen LogP contribution >= 0.6 is 11.6 Å². The molecule has 1 aliphatic carbocycles. The molecule has 3 N–H and O–H groups in total. The Labute approximate surface area is 94.2 Å². The molecule has 1 aliphatic rings. The highest BCUT2D eigenvalue weighted by Gasteiger charge is 2.21. The Morgan fingerprint density at radius 3 is 2.93 bits per heavy atom. The number of hydrogen-bond acceptors (Lipinski definition) is 4. The Hall–Kier alpha value is -0.870. The highest BCUT2D eigenvalue weighted by molar-refractivity contribution is 6.28. The van der Waals surface area contributed by atoms with E-state index in [0.717, 1.165) is 18.7 Å². The Bertz CT molecular complexity index is 331. The summed E-state index contributed by atoms with van der Waals surface area (Å²) in [5.74, 6) is 0.761. The van der Waals surface area contributed by atoms with Crippen LogP contribution in [0.4, 0.5) is 5.82 Å². The Balaban J connectivity index is 2.01. The summed E-state index contributed by atoms with van der Waals surface area (Å²) in [4.78, 5) is 7.92. The van der Waals surface area contributed by atoms with Crippen molar-refractivity contribution in [3.8, 4) is 0 Å². The van der Waals surface area contributed by atoms with Crippen LogP contribution in [-0.4, -0.2) is 22.1 Å². The van der Waals surface area contributed by atoms with Crippen LogP contribution in [-0.2, 0) is 0 Å². The molecule has 4 nitrogen and oxygen atoms in total. The SMILES string of the molecule is NC1CCCCC1Nc1ccnc(Cl)n1. The second-order valence-electron chi connectivity index (χ2n) is 3.91. The molecule has 0 amide bonds. The lowest BCUT2D eigenvalue weighted by atomic mass is 9.91. The minimum atomic E-state index is 0.215. The monoisotopic (exact) mass is 226 g/mol. The van der Waals surface area contributed by atoms with Crippen molar-refractivity contribution in [1.29, 1.82) is 0 Å². The van der Waals surface area contributed by atoms with Crippen molar-refractivity contribution in [3.63, 3.8) is 0 Å². The van der Waals surface area contributed by atoms with Gasteiger partial charge < -0.3 is 11.1 Å². The van der Waals surface area contributed by atoms with E-state index in [0.29, 0.717) is 6.04 Å². The molecule has 1 fully saturated rings. The number of hydrogen-bond donors (Lipinski definition) is 2. The number of nitrogens with zero attached hydrogens (tertiary/aromatic N) is 2. The second kappa shape index (κ2) is 4.77. The van der Waals surface area contributed by atoms with Crippen molar-refractivity contribution < 1.29 is 0 Å². The molecule has 5 heteroatoms. The van der Waals surface area contributed by atoms with Crippen LogP contribution in [0.2, 0.25) is 5.28 Å². The van der Waals surface area contributed by atoms with E-state index < -0.39 is 0 Å². The molecule has 82 valence electrons. The maximum Gasteiger partial charge on any atom is 0.224 e. The average Bonchev–Trinajstić information content (AvgIpc) is 2.22. The topological polar surface area (TPSA) is 63.8 Å². The van der Waals surface area contributed by atoms with Gasteiger partial charge in [-0.05, 0) is 30.5 Å². The third kappa shape index (κ3) is 2.79. The molecule has 2 unspecified atom stereocenters. The van der Waals surface area contributed by atoms with Crippen LogP contribution < -0.4 is 11.1 Å². The molecule has 0 radical (unpaired) electrons. The van der Waals surface area contributed by atoms with Crippen LogP contribution in [0.3, 0.4) is 0 Å². The summed E-state index contributed by atoms with van der Waals surface area (Å²) in [6.07, 6.45) is 6.28. The molecule has 1 saturated carbocycles. The fraction of sp³-hybridized carbons (Fsp3) is 0.600. The van der Waals surface area contributed by atoms with E-state index in [2.05, 4.69) is 15.3 Å². The molecule has 2 atom stereocenters. The number of halogens is 1.